The summed E-state index contributed by atoms with van der Waals surface area (Å²) in [6.07, 6.45) is 0. The smallest absolute Gasteiger partial charge is 0.315 e. The molecule has 0 radical (unpaired) electrons. The zero-order valence-electron chi connectivity index (χ0n) is 9.94. The maximum atomic E-state index is 12.6. The zero-order valence-corrected chi connectivity index (χ0v) is 9.94. The van der Waals surface area contributed by atoms with E-state index in [2.05, 4.69) is 10.6 Å². The topological polar surface area (TPSA) is 78.4 Å². The third-order valence-corrected chi connectivity index (χ3v) is 2.36. The molecule has 0 bridgehead atoms. The molecule has 18 heavy (non-hydrogen) atoms. The largest absolute Gasteiger partial charge is 0.481 e. The number of urea groups is 1. The van der Waals surface area contributed by atoms with E-state index in [1.54, 1.807) is 12.1 Å². The van der Waals surface area contributed by atoms with E-state index in [0.717, 1.165) is 5.56 Å². The number of carboxylic acid groups (broad SMARTS) is 1. The van der Waals surface area contributed by atoms with Crippen molar-refractivity contribution in [1.82, 2.24) is 10.6 Å². The molecular weight excluding hydrogens is 239 g/mol. The van der Waals surface area contributed by atoms with Gasteiger partial charge in [-0.05, 0) is 17.7 Å². The van der Waals surface area contributed by atoms with E-state index in [1.165, 1.54) is 19.1 Å². The first-order chi connectivity index (χ1) is 8.49. The second-order valence-electron chi connectivity index (χ2n) is 3.93. The minimum absolute atomic E-state index is 0.0601. The quantitative estimate of drug-likeness (QED) is 0.742. The van der Waals surface area contributed by atoms with Crippen LogP contribution in [0.5, 0.6) is 0 Å². The Morgan fingerprint density at radius 2 is 1.89 bits per heavy atom. The van der Waals surface area contributed by atoms with Gasteiger partial charge in [-0.1, -0.05) is 19.1 Å². The van der Waals surface area contributed by atoms with Gasteiger partial charge < -0.3 is 15.7 Å². The lowest BCUT2D eigenvalue weighted by Crippen LogP contribution is -2.38. The van der Waals surface area contributed by atoms with Crippen LogP contribution in [0.25, 0.3) is 0 Å². The highest BCUT2D eigenvalue weighted by atomic mass is 19.1. The van der Waals surface area contributed by atoms with Crippen LogP contribution in [-0.2, 0) is 11.3 Å². The minimum atomic E-state index is -0.964. The standard InChI is InChI=1S/C12H15FN2O3/c1-8(11(16)17)6-14-12(18)15-7-9-2-4-10(13)5-3-9/h2-5,8H,6-7H2,1H3,(H,16,17)(H2,14,15,18)/t8-/m0/s1. The summed E-state index contributed by atoms with van der Waals surface area (Å²) >= 11 is 0. The van der Waals surface area contributed by atoms with Crippen LogP contribution < -0.4 is 10.6 Å². The number of amides is 2. The Balaban J connectivity index is 2.29. The second-order valence-corrected chi connectivity index (χ2v) is 3.93. The summed E-state index contributed by atoms with van der Waals surface area (Å²) in [7, 11) is 0. The van der Waals surface area contributed by atoms with E-state index in [-0.39, 0.29) is 18.9 Å². The summed E-state index contributed by atoms with van der Waals surface area (Å²) in [6, 6.07) is 5.29. The van der Waals surface area contributed by atoms with E-state index < -0.39 is 17.9 Å². The van der Waals surface area contributed by atoms with Crippen LogP contribution in [-0.4, -0.2) is 23.7 Å². The van der Waals surface area contributed by atoms with Crippen LogP contribution in [0, 0.1) is 11.7 Å². The molecule has 0 aliphatic carbocycles. The highest BCUT2D eigenvalue weighted by Gasteiger charge is 2.11. The van der Waals surface area contributed by atoms with Crippen molar-refractivity contribution in [3.63, 3.8) is 0 Å². The van der Waals surface area contributed by atoms with Crippen molar-refractivity contribution in [2.45, 2.75) is 13.5 Å². The van der Waals surface area contributed by atoms with Gasteiger partial charge in [-0.2, -0.15) is 0 Å². The summed E-state index contributed by atoms with van der Waals surface area (Å²) in [4.78, 5) is 21.8. The van der Waals surface area contributed by atoms with Crippen LogP contribution in [0.1, 0.15) is 12.5 Å². The van der Waals surface area contributed by atoms with Crippen molar-refractivity contribution < 1.29 is 19.1 Å². The fourth-order valence-electron chi connectivity index (χ4n) is 1.18. The van der Waals surface area contributed by atoms with Gasteiger partial charge in [0.05, 0.1) is 5.92 Å². The van der Waals surface area contributed by atoms with E-state index in [1.807, 2.05) is 0 Å². The number of hydrogen-bond acceptors (Lipinski definition) is 2. The number of halogens is 1. The minimum Gasteiger partial charge on any atom is -0.481 e. The van der Waals surface area contributed by atoms with Gasteiger partial charge in [0.1, 0.15) is 5.82 Å². The van der Waals surface area contributed by atoms with Gasteiger partial charge in [-0.25, -0.2) is 9.18 Å². The lowest BCUT2D eigenvalue weighted by atomic mass is 10.2. The van der Waals surface area contributed by atoms with Crippen LogP contribution in [0.15, 0.2) is 24.3 Å². The van der Waals surface area contributed by atoms with Crippen molar-refractivity contribution in [2.24, 2.45) is 5.92 Å². The summed E-state index contributed by atoms with van der Waals surface area (Å²) < 4.78 is 12.6. The first kappa shape index (κ1) is 14.0. The molecule has 0 unspecified atom stereocenters. The first-order valence-electron chi connectivity index (χ1n) is 5.48. The van der Waals surface area contributed by atoms with Crippen LogP contribution >= 0.6 is 0 Å². The monoisotopic (exact) mass is 254 g/mol. The van der Waals surface area contributed by atoms with E-state index in [0.29, 0.717) is 0 Å². The van der Waals surface area contributed by atoms with Gasteiger partial charge in [-0.3, -0.25) is 4.79 Å². The Morgan fingerprint density at radius 3 is 2.44 bits per heavy atom. The number of nitrogens with one attached hydrogen (secondary N) is 2. The van der Waals surface area contributed by atoms with Crippen LogP contribution in [0.2, 0.25) is 0 Å². The molecule has 5 nitrogen and oxygen atoms in total. The molecule has 0 aliphatic heterocycles. The number of carbonyl (C=O) groups is 2. The average molecular weight is 254 g/mol. The fraction of sp³-hybridized carbons (Fsp3) is 0.333. The van der Waals surface area contributed by atoms with Crippen molar-refractivity contribution in [2.75, 3.05) is 6.54 Å². The molecular formula is C12H15FN2O3. The van der Waals surface area contributed by atoms with Crippen molar-refractivity contribution >= 4 is 12.0 Å². The number of benzene rings is 1. The molecule has 3 N–H and O–H groups in total. The molecule has 0 aromatic heterocycles. The molecule has 6 heteroatoms. The maximum Gasteiger partial charge on any atom is 0.315 e. The van der Waals surface area contributed by atoms with Gasteiger partial charge in [0.2, 0.25) is 0 Å². The van der Waals surface area contributed by atoms with Gasteiger partial charge in [0, 0.05) is 13.1 Å². The third-order valence-electron chi connectivity index (χ3n) is 2.36. The Bertz CT molecular complexity index is 420. The molecule has 1 atom stereocenters. The average Bonchev–Trinajstić information content (AvgIpc) is 2.35. The highest BCUT2D eigenvalue weighted by Crippen LogP contribution is 2.01. The fourth-order valence-corrected chi connectivity index (χ4v) is 1.18. The Labute approximate surface area is 104 Å². The Hall–Kier alpha value is -2.11. The zero-order chi connectivity index (χ0) is 13.5. The molecule has 1 aromatic carbocycles. The molecule has 2 amide bonds. The lowest BCUT2D eigenvalue weighted by Gasteiger charge is -2.09. The van der Waals surface area contributed by atoms with Gasteiger partial charge in [0.15, 0.2) is 0 Å². The Morgan fingerprint density at radius 1 is 1.28 bits per heavy atom. The van der Waals surface area contributed by atoms with Crippen molar-refractivity contribution in [1.29, 1.82) is 0 Å². The highest BCUT2D eigenvalue weighted by molar-refractivity contribution is 5.75. The van der Waals surface area contributed by atoms with E-state index >= 15 is 0 Å². The number of carbonyl (C=O) groups excluding carboxylic acids is 1. The number of hydrogen-bond donors (Lipinski definition) is 3. The number of aliphatic carboxylic acids is 1. The predicted octanol–water partition coefficient (Wildman–Crippen LogP) is 1.35. The molecule has 1 rings (SSSR count). The van der Waals surface area contributed by atoms with E-state index in [9.17, 15) is 14.0 Å². The lowest BCUT2D eigenvalue weighted by molar-refractivity contribution is -0.140. The van der Waals surface area contributed by atoms with Gasteiger partial charge in [0.25, 0.3) is 0 Å². The molecule has 0 heterocycles. The summed E-state index contributed by atoms with van der Waals surface area (Å²) in [6.45, 7) is 1.82. The van der Waals surface area contributed by atoms with Gasteiger partial charge in [-0.15, -0.1) is 0 Å². The summed E-state index contributed by atoms with van der Waals surface area (Å²) in [5, 5.41) is 13.6. The molecule has 1 aromatic rings. The third kappa shape index (κ3) is 4.82. The maximum absolute atomic E-state index is 12.6. The van der Waals surface area contributed by atoms with Crippen LogP contribution in [0.4, 0.5) is 9.18 Å². The number of rotatable bonds is 5. The first-order valence-corrected chi connectivity index (χ1v) is 5.48. The molecule has 0 saturated heterocycles. The summed E-state index contributed by atoms with van der Waals surface area (Å²) in [5.74, 6) is -1.94. The van der Waals surface area contributed by atoms with Crippen LogP contribution in [0.3, 0.4) is 0 Å². The predicted molar refractivity (Wildman–Crippen MR) is 63.4 cm³/mol. The molecule has 98 valence electrons. The second kappa shape index (κ2) is 6.58. The Kier molecular flexibility index (Phi) is 5.10. The molecule has 0 saturated carbocycles. The summed E-state index contributed by atoms with van der Waals surface area (Å²) in [5.41, 5.74) is 0.762. The van der Waals surface area contributed by atoms with Crippen molar-refractivity contribution in [3.05, 3.63) is 35.6 Å². The van der Waals surface area contributed by atoms with Crippen molar-refractivity contribution in [3.8, 4) is 0 Å². The molecule has 0 spiro atoms. The molecule has 0 aliphatic rings. The number of carboxylic acids is 1. The normalized spacial score (nSPS) is 11.7. The van der Waals surface area contributed by atoms with E-state index in [4.69, 9.17) is 5.11 Å². The molecule has 0 fully saturated rings. The SMILES string of the molecule is C[C@@H](CNC(=O)NCc1ccc(F)cc1)C(=O)O. The van der Waals surface area contributed by atoms with Gasteiger partial charge >= 0.3 is 12.0 Å².